The SMILES string of the molecule is COC(=O)C[C@@H]1CCN(c2ccc(-c3cc4nc(C(=O)N5CCc6cc(F)ccc6[C@H]5C)cc(C5CC5)n4n3)c(F)c2)C1.S. The molecule has 1 saturated carbocycles. The molecule has 3 aliphatic rings. The Balaban J connectivity index is 0.00000343. The monoisotopic (exact) mass is 619 g/mol. The summed E-state index contributed by atoms with van der Waals surface area (Å²) >= 11 is 0. The highest BCUT2D eigenvalue weighted by atomic mass is 32.1. The molecular formula is C33H35F2N5O3S. The van der Waals surface area contributed by atoms with Gasteiger partial charge in [-0.25, -0.2) is 18.3 Å². The second-order valence-electron chi connectivity index (χ2n) is 12.0. The molecule has 44 heavy (non-hydrogen) atoms. The van der Waals surface area contributed by atoms with Crippen LogP contribution < -0.4 is 4.90 Å². The highest BCUT2D eigenvalue weighted by molar-refractivity contribution is 7.59. The molecule has 4 heterocycles. The second kappa shape index (κ2) is 11.8. The van der Waals surface area contributed by atoms with Crippen molar-refractivity contribution in [3.8, 4) is 11.3 Å². The van der Waals surface area contributed by atoms with Crippen molar-refractivity contribution >= 4 is 36.7 Å². The van der Waals surface area contributed by atoms with Gasteiger partial charge in [0.1, 0.15) is 17.3 Å². The van der Waals surface area contributed by atoms with Crippen molar-refractivity contribution in [2.75, 3.05) is 31.6 Å². The van der Waals surface area contributed by atoms with Crippen LogP contribution in [0.5, 0.6) is 0 Å². The lowest BCUT2D eigenvalue weighted by atomic mass is 9.93. The number of amides is 1. The van der Waals surface area contributed by atoms with Gasteiger partial charge in [0, 0.05) is 48.6 Å². The molecule has 11 heteroatoms. The molecule has 2 fully saturated rings. The Kier molecular flexibility index (Phi) is 8.08. The number of fused-ring (bicyclic) bond motifs is 2. The number of esters is 1. The van der Waals surface area contributed by atoms with E-state index in [0.29, 0.717) is 48.5 Å². The van der Waals surface area contributed by atoms with Gasteiger partial charge in [-0.1, -0.05) is 6.07 Å². The van der Waals surface area contributed by atoms with Gasteiger partial charge >= 0.3 is 5.97 Å². The quantitative estimate of drug-likeness (QED) is 0.254. The molecule has 7 rings (SSSR count). The lowest BCUT2D eigenvalue weighted by molar-refractivity contribution is -0.141. The Labute approximate surface area is 261 Å². The maximum absolute atomic E-state index is 15.5. The molecule has 2 aromatic heterocycles. The fourth-order valence-corrected chi connectivity index (χ4v) is 6.60. The topological polar surface area (TPSA) is 80.0 Å². The number of halogens is 2. The van der Waals surface area contributed by atoms with Crippen LogP contribution in [0.2, 0.25) is 0 Å². The summed E-state index contributed by atoms with van der Waals surface area (Å²) in [5, 5.41) is 4.74. The average Bonchev–Trinajstić information content (AvgIpc) is 3.59. The van der Waals surface area contributed by atoms with E-state index in [0.717, 1.165) is 48.3 Å². The van der Waals surface area contributed by atoms with Crippen molar-refractivity contribution in [1.29, 1.82) is 0 Å². The first-order valence-corrected chi connectivity index (χ1v) is 14.9. The minimum atomic E-state index is -0.390. The molecule has 8 nitrogen and oxygen atoms in total. The normalized spacial score (nSPS) is 19.5. The van der Waals surface area contributed by atoms with Crippen molar-refractivity contribution in [3.05, 3.63) is 82.7 Å². The smallest absolute Gasteiger partial charge is 0.305 e. The van der Waals surface area contributed by atoms with Crippen LogP contribution in [0.15, 0.2) is 48.5 Å². The highest BCUT2D eigenvalue weighted by Gasteiger charge is 2.33. The van der Waals surface area contributed by atoms with Crippen molar-refractivity contribution in [1.82, 2.24) is 19.5 Å². The lowest BCUT2D eigenvalue weighted by Gasteiger charge is -2.35. The largest absolute Gasteiger partial charge is 0.469 e. The number of benzene rings is 2. The first kappa shape index (κ1) is 30.1. The number of methoxy groups -OCH3 is 1. The molecule has 230 valence electrons. The third kappa shape index (κ3) is 5.53. The predicted octanol–water partition coefficient (Wildman–Crippen LogP) is 5.81. The summed E-state index contributed by atoms with van der Waals surface area (Å²) in [6.07, 6.45) is 3.78. The molecule has 2 aromatic carbocycles. The van der Waals surface area contributed by atoms with Gasteiger partial charge in [0.2, 0.25) is 0 Å². The molecule has 0 bridgehead atoms. The standard InChI is InChI=1S/C33H33F2N5O3.H2S/c1-19-25-7-5-23(34)14-22(25)10-12-39(19)33(42)29-16-30(21-3-4-21)40-31(36-29)17-28(37-40)26-8-6-24(15-27(26)35)38-11-9-20(18-38)13-32(41)43-2;/h5-8,14-17,19-21H,3-4,9-13,18H2,1-2H3;1H2/t19-,20+;/m1./s1. The van der Waals surface area contributed by atoms with Gasteiger partial charge < -0.3 is 14.5 Å². The van der Waals surface area contributed by atoms with E-state index in [-0.39, 0.29) is 54.9 Å². The molecule has 2 atom stereocenters. The number of aromatic nitrogens is 3. The summed E-state index contributed by atoms with van der Waals surface area (Å²) in [5.41, 5.74) is 5.20. The van der Waals surface area contributed by atoms with Gasteiger partial charge in [-0.15, -0.1) is 0 Å². The van der Waals surface area contributed by atoms with Crippen molar-refractivity contribution in [3.63, 3.8) is 0 Å². The van der Waals surface area contributed by atoms with Crippen molar-refractivity contribution < 1.29 is 23.1 Å². The Hall–Kier alpha value is -3.99. The maximum Gasteiger partial charge on any atom is 0.305 e. The minimum Gasteiger partial charge on any atom is -0.469 e. The van der Waals surface area contributed by atoms with Crippen LogP contribution in [0, 0.1) is 17.6 Å². The zero-order chi connectivity index (χ0) is 29.8. The number of hydrogen-bond acceptors (Lipinski definition) is 6. The molecule has 4 aromatic rings. The van der Waals surface area contributed by atoms with Crippen LogP contribution >= 0.6 is 13.5 Å². The zero-order valence-electron chi connectivity index (χ0n) is 24.7. The van der Waals surface area contributed by atoms with E-state index in [9.17, 15) is 14.0 Å². The first-order valence-electron chi connectivity index (χ1n) is 14.9. The second-order valence-corrected chi connectivity index (χ2v) is 12.0. The van der Waals surface area contributed by atoms with Crippen molar-refractivity contribution in [2.45, 2.75) is 51.0 Å². The van der Waals surface area contributed by atoms with Crippen LogP contribution in [0.25, 0.3) is 16.9 Å². The van der Waals surface area contributed by atoms with Crippen LogP contribution in [0.3, 0.4) is 0 Å². The summed E-state index contributed by atoms with van der Waals surface area (Å²) in [5.74, 6) is -0.609. The Morgan fingerprint density at radius 3 is 2.59 bits per heavy atom. The molecule has 0 spiro atoms. The van der Waals surface area contributed by atoms with Gasteiger partial charge in [0.05, 0.1) is 25.3 Å². The number of rotatable bonds is 6. The molecular weight excluding hydrogens is 584 g/mol. The van der Waals surface area contributed by atoms with E-state index in [1.54, 1.807) is 33.7 Å². The van der Waals surface area contributed by atoms with Crippen molar-refractivity contribution in [2.24, 2.45) is 5.92 Å². The number of ether oxygens (including phenoxy) is 1. The van der Waals surface area contributed by atoms with E-state index in [4.69, 9.17) is 14.8 Å². The summed E-state index contributed by atoms with van der Waals surface area (Å²) in [6, 6.07) is 13.2. The number of anilines is 1. The van der Waals surface area contributed by atoms with E-state index >= 15 is 4.39 Å². The molecule has 0 N–H and O–H groups in total. The van der Waals surface area contributed by atoms with Crippen LogP contribution in [-0.4, -0.2) is 58.1 Å². The minimum absolute atomic E-state index is 0. The molecule has 1 amide bonds. The van der Waals surface area contributed by atoms with Crippen LogP contribution in [0.1, 0.15) is 71.9 Å². The predicted molar refractivity (Wildman–Crippen MR) is 167 cm³/mol. The molecule has 0 unspecified atom stereocenters. The Morgan fingerprint density at radius 2 is 1.84 bits per heavy atom. The highest BCUT2D eigenvalue weighted by Crippen LogP contribution is 2.41. The van der Waals surface area contributed by atoms with Crippen LogP contribution in [-0.2, 0) is 16.0 Å². The summed E-state index contributed by atoms with van der Waals surface area (Å²) in [6.45, 7) is 3.85. The van der Waals surface area contributed by atoms with Gasteiger partial charge in [-0.2, -0.15) is 18.6 Å². The van der Waals surface area contributed by atoms with Gasteiger partial charge in [0.15, 0.2) is 5.65 Å². The number of hydrogen-bond donors (Lipinski definition) is 0. The summed E-state index contributed by atoms with van der Waals surface area (Å²) in [4.78, 5) is 34.0. The lowest BCUT2D eigenvalue weighted by Crippen LogP contribution is -2.39. The Bertz CT molecular complexity index is 1760. The van der Waals surface area contributed by atoms with Gasteiger partial charge in [-0.3, -0.25) is 9.59 Å². The van der Waals surface area contributed by atoms with E-state index in [2.05, 4.69) is 4.90 Å². The number of carbonyl (C=O) groups excluding carboxylic acids is 2. The maximum atomic E-state index is 15.5. The molecule has 2 aliphatic heterocycles. The van der Waals surface area contributed by atoms with E-state index in [1.807, 2.05) is 19.1 Å². The van der Waals surface area contributed by atoms with Gasteiger partial charge in [0.25, 0.3) is 5.91 Å². The summed E-state index contributed by atoms with van der Waals surface area (Å²) < 4.78 is 35.9. The Morgan fingerprint density at radius 1 is 1.02 bits per heavy atom. The fraction of sp³-hybridized carbons (Fsp3) is 0.394. The fourth-order valence-electron chi connectivity index (χ4n) is 6.60. The summed E-state index contributed by atoms with van der Waals surface area (Å²) in [7, 11) is 1.39. The third-order valence-corrected chi connectivity index (χ3v) is 9.14. The zero-order valence-corrected chi connectivity index (χ0v) is 25.7. The van der Waals surface area contributed by atoms with Gasteiger partial charge in [-0.05, 0) is 86.1 Å². The average molecular weight is 620 g/mol. The first-order chi connectivity index (χ1) is 20.8. The van der Waals surface area contributed by atoms with Crippen LogP contribution in [0.4, 0.5) is 14.5 Å². The number of carbonyl (C=O) groups is 2. The molecule has 1 aliphatic carbocycles. The number of nitrogens with zero attached hydrogens (tertiary/aromatic N) is 5. The van der Waals surface area contributed by atoms with E-state index < -0.39 is 0 Å². The molecule has 1 saturated heterocycles. The third-order valence-electron chi connectivity index (χ3n) is 9.14. The molecule has 0 radical (unpaired) electrons. The van der Waals surface area contributed by atoms with E-state index in [1.165, 1.54) is 19.2 Å².